The molecule has 4 aromatic rings. The van der Waals surface area contributed by atoms with Crippen LogP contribution >= 0.6 is 11.3 Å². The highest BCUT2D eigenvalue weighted by Gasteiger charge is 2.23. The van der Waals surface area contributed by atoms with Gasteiger partial charge in [0.2, 0.25) is 5.91 Å². The second kappa shape index (κ2) is 8.47. The summed E-state index contributed by atoms with van der Waals surface area (Å²) in [6.45, 7) is 3.24. The van der Waals surface area contributed by atoms with Gasteiger partial charge in [-0.2, -0.15) is 0 Å². The number of nitrogens with two attached hydrogens (primary N) is 1. The highest BCUT2D eigenvalue weighted by molar-refractivity contribution is 7.20. The largest absolute Gasteiger partial charge is 0.488 e. The molecule has 0 spiro atoms. The van der Waals surface area contributed by atoms with E-state index in [2.05, 4.69) is 10.6 Å². The minimum atomic E-state index is -1.51. The minimum Gasteiger partial charge on any atom is -0.423 e. The summed E-state index contributed by atoms with van der Waals surface area (Å²) in [6, 6.07) is 12.6. The number of hydrogen-bond acceptors (Lipinski definition) is 8. The summed E-state index contributed by atoms with van der Waals surface area (Å²) in [6.07, 6.45) is 0.791. The Morgan fingerprint density at radius 1 is 1.24 bits per heavy atom. The Morgan fingerprint density at radius 2 is 2.06 bits per heavy atom. The molecule has 1 amide bonds. The van der Waals surface area contributed by atoms with E-state index in [-0.39, 0.29) is 0 Å². The molecule has 1 aliphatic rings. The number of hydrogen-bond donors (Lipinski definition) is 5. The van der Waals surface area contributed by atoms with Gasteiger partial charge in [0.05, 0.1) is 16.9 Å². The zero-order valence-electron chi connectivity index (χ0n) is 17.9. The van der Waals surface area contributed by atoms with Gasteiger partial charge in [0.1, 0.15) is 0 Å². The van der Waals surface area contributed by atoms with Gasteiger partial charge in [-0.25, -0.2) is 9.97 Å². The molecule has 166 valence electrons. The predicted molar refractivity (Wildman–Crippen MR) is 132 cm³/mol. The van der Waals surface area contributed by atoms with Gasteiger partial charge in [-0.15, -0.1) is 11.3 Å². The Hall–Kier alpha value is -3.47. The number of nitrogens with one attached hydrogen (secondary N) is 2. The zero-order valence-corrected chi connectivity index (χ0v) is 18.7. The number of anilines is 2. The monoisotopic (exact) mass is 459 g/mol. The first kappa shape index (κ1) is 21.4. The molecule has 2 aromatic carbocycles. The Morgan fingerprint density at radius 3 is 2.85 bits per heavy atom. The highest BCUT2D eigenvalue weighted by Crippen LogP contribution is 2.40. The molecule has 3 heterocycles. The molecule has 2 aromatic heterocycles. The van der Waals surface area contributed by atoms with Gasteiger partial charge in [0, 0.05) is 40.0 Å². The van der Waals surface area contributed by atoms with Crippen LogP contribution in [0.3, 0.4) is 0 Å². The van der Waals surface area contributed by atoms with E-state index in [1.807, 2.05) is 25.1 Å². The average molecular weight is 459 g/mol. The molecule has 10 heteroatoms. The first-order valence-corrected chi connectivity index (χ1v) is 11.4. The van der Waals surface area contributed by atoms with Gasteiger partial charge >= 0.3 is 7.12 Å². The third-order valence-corrected chi connectivity index (χ3v) is 6.89. The SMILES string of the molecule is Cc1sc2c(C(N)=O)cccc2c1-c1nc2c(c(NCc3cccc(B(O)O)c3)n1)NCC2. The van der Waals surface area contributed by atoms with Crippen molar-refractivity contribution in [1.29, 1.82) is 0 Å². The molecule has 6 N–H and O–H groups in total. The summed E-state index contributed by atoms with van der Waals surface area (Å²) in [5, 5.41) is 26.5. The van der Waals surface area contributed by atoms with E-state index in [0.717, 1.165) is 50.4 Å². The lowest BCUT2D eigenvalue weighted by Crippen LogP contribution is -2.30. The van der Waals surface area contributed by atoms with Crippen LogP contribution in [-0.2, 0) is 13.0 Å². The van der Waals surface area contributed by atoms with Crippen molar-refractivity contribution < 1.29 is 14.8 Å². The molecule has 0 saturated carbocycles. The van der Waals surface area contributed by atoms with Gasteiger partial charge in [-0.3, -0.25) is 4.79 Å². The quantitative estimate of drug-likeness (QED) is 0.279. The van der Waals surface area contributed by atoms with Crippen molar-refractivity contribution in [3.63, 3.8) is 0 Å². The van der Waals surface area contributed by atoms with Crippen molar-refractivity contribution >= 4 is 51.4 Å². The van der Waals surface area contributed by atoms with Crippen LogP contribution in [0, 0.1) is 6.92 Å². The number of benzene rings is 2. The Labute approximate surface area is 194 Å². The van der Waals surface area contributed by atoms with Gasteiger partial charge < -0.3 is 26.4 Å². The van der Waals surface area contributed by atoms with E-state index in [1.165, 1.54) is 11.3 Å². The molecule has 0 saturated heterocycles. The number of primary amides is 1. The number of aromatic nitrogens is 2. The predicted octanol–water partition coefficient (Wildman–Crippen LogP) is 2.03. The number of rotatable bonds is 6. The molecule has 0 radical (unpaired) electrons. The Balaban J connectivity index is 1.56. The summed E-state index contributed by atoms with van der Waals surface area (Å²) in [4.78, 5) is 22.6. The number of amides is 1. The molecule has 1 aliphatic heterocycles. The molecule has 0 unspecified atom stereocenters. The van der Waals surface area contributed by atoms with Gasteiger partial charge in [0.25, 0.3) is 0 Å². The first-order chi connectivity index (χ1) is 15.9. The summed E-state index contributed by atoms with van der Waals surface area (Å²) < 4.78 is 0.841. The molecular formula is C23H22BN5O3S. The molecule has 33 heavy (non-hydrogen) atoms. The van der Waals surface area contributed by atoms with E-state index < -0.39 is 13.0 Å². The van der Waals surface area contributed by atoms with Crippen molar-refractivity contribution in [2.45, 2.75) is 19.9 Å². The van der Waals surface area contributed by atoms with Crippen LogP contribution in [0.5, 0.6) is 0 Å². The van der Waals surface area contributed by atoms with Crippen LogP contribution in [-0.4, -0.2) is 39.6 Å². The number of aryl methyl sites for hydroxylation is 1. The van der Waals surface area contributed by atoms with Crippen molar-refractivity contribution in [2.24, 2.45) is 5.73 Å². The van der Waals surface area contributed by atoms with Crippen LogP contribution in [0.1, 0.15) is 26.5 Å². The van der Waals surface area contributed by atoms with Crippen molar-refractivity contribution in [3.8, 4) is 11.4 Å². The fourth-order valence-corrected chi connectivity index (χ4v) is 5.35. The van der Waals surface area contributed by atoms with Crippen LogP contribution in [0.2, 0.25) is 0 Å². The van der Waals surface area contributed by atoms with Gasteiger partial charge in [0.15, 0.2) is 11.6 Å². The van der Waals surface area contributed by atoms with Crippen molar-refractivity contribution in [1.82, 2.24) is 9.97 Å². The summed E-state index contributed by atoms with van der Waals surface area (Å²) in [5.41, 5.74) is 10.1. The minimum absolute atomic E-state index is 0.437. The van der Waals surface area contributed by atoms with Gasteiger partial charge in [-0.1, -0.05) is 36.4 Å². The average Bonchev–Trinajstić information content (AvgIpc) is 3.40. The van der Waals surface area contributed by atoms with Crippen molar-refractivity contribution in [3.05, 3.63) is 64.2 Å². The molecule has 8 nitrogen and oxygen atoms in total. The van der Waals surface area contributed by atoms with E-state index >= 15 is 0 Å². The first-order valence-electron chi connectivity index (χ1n) is 10.6. The third kappa shape index (κ3) is 3.93. The third-order valence-electron chi connectivity index (χ3n) is 5.74. The smallest absolute Gasteiger partial charge is 0.423 e. The summed E-state index contributed by atoms with van der Waals surface area (Å²) in [5.74, 6) is 0.835. The lowest BCUT2D eigenvalue weighted by molar-refractivity contribution is 0.100. The summed E-state index contributed by atoms with van der Waals surface area (Å²) >= 11 is 1.52. The number of thiophene rings is 1. The molecule has 0 aliphatic carbocycles. The molecular weight excluding hydrogens is 437 g/mol. The second-order valence-electron chi connectivity index (χ2n) is 7.95. The fourth-order valence-electron chi connectivity index (χ4n) is 4.18. The second-order valence-corrected chi connectivity index (χ2v) is 9.17. The normalized spacial score (nSPS) is 12.5. The maximum atomic E-state index is 11.9. The summed E-state index contributed by atoms with van der Waals surface area (Å²) in [7, 11) is -1.51. The van der Waals surface area contributed by atoms with E-state index in [4.69, 9.17) is 15.7 Å². The zero-order chi connectivity index (χ0) is 23.1. The molecule has 0 bridgehead atoms. The lowest BCUT2D eigenvalue weighted by Gasteiger charge is -2.13. The van der Waals surface area contributed by atoms with Crippen LogP contribution in [0.15, 0.2) is 42.5 Å². The molecule has 0 atom stereocenters. The Bertz CT molecular complexity index is 1390. The van der Waals surface area contributed by atoms with E-state index in [0.29, 0.717) is 29.2 Å². The number of carbonyl (C=O) groups excluding carboxylic acids is 1. The maximum absolute atomic E-state index is 11.9. The van der Waals surface area contributed by atoms with E-state index in [1.54, 1.807) is 24.3 Å². The lowest BCUT2D eigenvalue weighted by atomic mass is 9.80. The standard InChI is InChI=1S/C23H22BN5O3S/c1-12-18(15-6-3-7-16(21(25)30)20(15)33-12)22-28-17-8-9-26-19(17)23(29-22)27-11-13-4-2-5-14(10-13)24(31)32/h2-7,10,26,31-32H,8-9,11H2,1H3,(H2,25,30)(H,27,28,29). The Kier molecular flexibility index (Phi) is 5.49. The van der Waals surface area contributed by atoms with Crippen LogP contribution < -0.4 is 21.8 Å². The highest BCUT2D eigenvalue weighted by atomic mass is 32.1. The topological polar surface area (TPSA) is 133 Å². The van der Waals surface area contributed by atoms with Gasteiger partial charge in [-0.05, 0) is 24.0 Å². The van der Waals surface area contributed by atoms with Crippen molar-refractivity contribution in [2.75, 3.05) is 17.2 Å². The fraction of sp³-hybridized carbons (Fsp3) is 0.174. The number of fused-ring (bicyclic) bond motifs is 2. The molecule has 5 rings (SSSR count). The van der Waals surface area contributed by atoms with Crippen LogP contribution in [0.4, 0.5) is 11.5 Å². The number of carbonyl (C=O) groups is 1. The maximum Gasteiger partial charge on any atom is 0.488 e. The van der Waals surface area contributed by atoms with E-state index in [9.17, 15) is 14.8 Å². The van der Waals surface area contributed by atoms with Crippen LogP contribution in [0.25, 0.3) is 21.5 Å². The number of nitrogens with zero attached hydrogens (tertiary/aromatic N) is 2. The molecule has 0 fully saturated rings.